The molecule has 0 radical (unpaired) electrons. The van der Waals surface area contributed by atoms with E-state index < -0.39 is 5.41 Å². The Morgan fingerprint density at radius 1 is 1.20 bits per heavy atom. The van der Waals surface area contributed by atoms with E-state index in [0.717, 1.165) is 45.1 Å². The SMILES string of the molecule is N#C[C@]12CCC[C@@]3(CCCCN3C1=O)C2. The van der Waals surface area contributed by atoms with Gasteiger partial charge in [0.1, 0.15) is 5.41 Å². The van der Waals surface area contributed by atoms with Crippen molar-refractivity contribution in [3.63, 3.8) is 0 Å². The third-order valence-electron chi connectivity index (χ3n) is 4.59. The van der Waals surface area contributed by atoms with Crippen molar-refractivity contribution in [3.05, 3.63) is 0 Å². The van der Waals surface area contributed by atoms with E-state index in [1.165, 1.54) is 6.42 Å². The van der Waals surface area contributed by atoms with Gasteiger partial charge in [-0.15, -0.1) is 0 Å². The van der Waals surface area contributed by atoms with E-state index in [1.54, 1.807) is 0 Å². The van der Waals surface area contributed by atoms with Crippen molar-refractivity contribution in [1.82, 2.24) is 4.90 Å². The number of rotatable bonds is 0. The zero-order valence-corrected chi connectivity index (χ0v) is 8.96. The van der Waals surface area contributed by atoms with E-state index >= 15 is 0 Å². The first kappa shape index (κ1) is 9.21. The standard InChI is InChI=1S/C12H16N2O/c13-9-11-4-3-6-12(8-11)5-1-2-7-14(12)10(11)15/h1-8H2/t11-,12+/m1/s1. The van der Waals surface area contributed by atoms with Crippen LogP contribution in [0.2, 0.25) is 0 Å². The zero-order valence-electron chi connectivity index (χ0n) is 8.96. The van der Waals surface area contributed by atoms with Crippen molar-refractivity contribution < 1.29 is 4.79 Å². The second-order valence-electron chi connectivity index (χ2n) is 5.36. The third-order valence-corrected chi connectivity index (χ3v) is 4.59. The summed E-state index contributed by atoms with van der Waals surface area (Å²) in [4.78, 5) is 14.3. The molecule has 2 bridgehead atoms. The lowest BCUT2D eigenvalue weighted by molar-refractivity contribution is -0.136. The number of carbonyl (C=O) groups excluding carboxylic acids is 1. The van der Waals surface area contributed by atoms with Gasteiger partial charge < -0.3 is 4.90 Å². The number of piperidine rings is 1. The fourth-order valence-corrected chi connectivity index (χ4v) is 3.90. The van der Waals surface area contributed by atoms with Crippen LogP contribution < -0.4 is 0 Å². The molecule has 3 rings (SSSR count). The van der Waals surface area contributed by atoms with E-state index in [2.05, 4.69) is 6.07 Å². The van der Waals surface area contributed by atoms with Gasteiger partial charge in [-0.25, -0.2) is 0 Å². The van der Waals surface area contributed by atoms with Gasteiger partial charge in [0.15, 0.2) is 0 Å². The van der Waals surface area contributed by atoms with Crippen molar-refractivity contribution in [1.29, 1.82) is 5.26 Å². The Morgan fingerprint density at radius 3 is 2.80 bits per heavy atom. The van der Waals surface area contributed by atoms with E-state index in [9.17, 15) is 10.1 Å². The van der Waals surface area contributed by atoms with Crippen LogP contribution in [0.3, 0.4) is 0 Å². The summed E-state index contributed by atoms with van der Waals surface area (Å²) in [5.41, 5.74) is -0.550. The monoisotopic (exact) mass is 204 g/mol. The van der Waals surface area contributed by atoms with Crippen LogP contribution in [0, 0.1) is 16.7 Å². The minimum absolute atomic E-state index is 0.0866. The Hall–Kier alpha value is -1.04. The molecule has 0 N–H and O–H groups in total. The summed E-state index contributed by atoms with van der Waals surface area (Å²) in [6, 6.07) is 2.32. The predicted octanol–water partition coefficient (Wildman–Crippen LogP) is 1.84. The van der Waals surface area contributed by atoms with E-state index in [0.29, 0.717) is 0 Å². The number of nitriles is 1. The number of hydrogen-bond acceptors (Lipinski definition) is 2. The second-order valence-corrected chi connectivity index (χ2v) is 5.36. The highest BCUT2D eigenvalue weighted by Crippen LogP contribution is 2.55. The van der Waals surface area contributed by atoms with E-state index in [1.807, 2.05) is 4.90 Å². The molecule has 15 heavy (non-hydrogen) atoms. The molecule has 0 aromatic heterocycles. The lowest BCUT2D eigenvalue weighted by Crippen LogP contribution is -2.48. The molecular weight excluding hydrogens is 188 g/mol. The van der Waals surface area contributed by atoms with Crippen LogP contribution in [0.4, 0.5) is 0 Å². The first-order chi connectivity index (χ1) is 7.22. The summed E-state index contributed by atoms with van der Waals surface area (Å²) < 4.78 is 0. The number of hydrogen-bond donors (Lipinski definition) is 0. The molecule has 3 aliphatic rings. The van der Waals surface area contributed by atoms with Crippen LogP contribution in [-0.4, -0.2) is 22.9 Å². The molecular formula is C12H16N2O. The molecule has 3 nitrogen and oxygen atoms in total. The van der Waals surface area contributed by atoms with E-state index in [-0.39, 0.29) is 11.4 Å². The summed E-state index contributed by atoms with van der Waals surface area (Å²) in [5, 5.41) is 9.28. The Morgan fingerprint density at radius 2 is 2.00 bits per heavy atom. The van der Waals surface area contributed by atoms with Crippen molar-refractivity contribution in [2.24, 2.45) is 5.41 Å². The highest BCUT2D eigenvalue weighted by atomic mass is 16.2. The maximum Gasteiger partial charge on any atom is 0.243 e. The molecule has 2 atom stereocenters. The van der Waals surface area contributed by atoms with Crippen molar-refractivity contribution in [3.8, 4) is 6.07 Å². The molecule has 3 fully saturated rings. The maximum atomic E-state index is 12.3. The van der Waals surface area contributed by atoms with Gasteiger partial charge in [-0.05, 0) is 44.9 Å². The number of nitrogens with zero attached hydrogens (tertiary/aromatic N) is 2. The lowest BCUT2D eigenvalue weighted by Gasteiger charge is -2.43. The Balaban J connectivity index is 2.06. The van der Waals surface area contributed by atoms with Crippen LogP contribution in [0.15, 0.2) is 0 Å². The van der Waals surface area contributed by atoms with Gasteiger partial charge in [0.2, 0.25) is 5.91 Å². The van der Waals surface area contributed by atoms with Crippen molar-refractivity contribution in [2.45, 2.75) is 50.5 Å². The Labute approximate surface area is 90.1 Å². The molecule has 0 unspecified atom stereocenters. The maximum absolute atomic E-state index is 12.3. The molecule has 2 heterocycles. The fourth-order valence-electron chi connectivity index (χ4n) is 3.90. The molecule has 0 aromatic carbocycles. The largest absolute Gasteiger partial charge is 0.336 e. The Kier molecular flexibility index (Phi) is 1.69. The van der Waals surface area contributed by atoms with Gasteiger partial charge in [-0.3, -0.25) is 4.79 Å². The molecule has 3 heteroatoms. The van der Waals surface area contributed by atoms with Gasteiger partial charge in [-0.1, -0.05) is 0 Å². The predicted molar refractivity (Wildman–Crippen MR) is 54.8 cm³/mol. The lowest BCUT2D eigenvalue weighted by atomic mass is 9.69. The quantitative estimate of drug-likeness (QED) is 0.604. The summed E-state index contributed by atoms with van der Waals surface area (Å²) in [6.07, 6.45) is 7.26. The molecule has 1 saturated carbocycles. The average molecular weight is 204 g/mol. The van der Waals surface area contributed by atoms with Gasteiger partial charge in [0.25, 0.3) is 0 Å². The van der Waals surface area contributed by atoms with E-state index in [4.69, 9.17) is 0 Å². The van der Waals surface area contributed by atoms with Crippen molar-refractivity contribution >= 4 is 5.91 Å². The smallest absolute Gasteiger partial charge is 0.243 e. The second kappa shape index (κ2) is 2.75. The topological polar surface area (TPSA) is 44.1 Å². The minimum Gasteiger partial charge on any atom is -0.336 e. The summed E-state index contributed by atoms with van der Waals surface area (Å²) >= 11 is 0. The molecule has 2 aliphatic heterocycles. The molecule has 1 aliphatic carbocycles. The van der Waals surface area contributed by atoms with Crippen LogP contribution in [-0.2, 0) is 4.79 Å². The molecule has 80 valence electrons. The first-order valence-electron chi connectivity index (χ1n) is 5.96. The highest BCUT2D eigenvalue weighted by Gasteiger charge is 2.62. The van der Waals surface area contributed by atoms with Gasteiger partial charge in [0, 0.05) is 12.1 Å². The zero-order chi connectivity index (χ0) is 10.5. The highest BCUT2D eigenvalue weighted by molar-refractivity contribution is 5.89. The minimum atomic E-state index is -0.636. The van der Waals surface area contributed by atoms with Crippen LogP contribution in [0.25, 0.3) is 0 Å². The van der Waals surface area contributed by atoms with Crippen LogP contribution in [0.1, 0.15) is 44.9 Å². The van der Waals surface area contributed by atoms with Crippen molar-refractivity contribution in [2.75, 3.05) is 6.54 Å². The number of carbonyl (C=O) groups is 1. The normalized spacial score (nSPS) is 43.7. The van der Waals surface area contributed by atoms with Gasteiger partial charge in [0.05, 0.1) is 6.07 Å². The molecule has 1 amide bonds. The van der Waals surface area contributed by atoms with Crippen LogP contribution >= 0.6 is 0 Å². The van der Waals surface area contributed by atoms with Gasteiger partial charge in [-0.2, -0.15) is 5.26 Å². The summed E-state index contributed by atoms with van der Waals surface area (Å²) in [7, 11) is 0. The number of fused-ring (bicyclic) bond motifs is 1. The van der Waals surface area contributed by atoms with Crippen LogP contribution in [0.5, 0.6) is 0 Å². The molecule has 0 aromatic rings. The summed E-state index contributed by atoms with van der Waals surface area (Å²) in [6.45, 7) is 0.891. The Bertz CT molecular complexity index is 355. The van der Waals surface area contributed by atoms with Gasteiger partial charge >= 0.3 is 0 Å². The third kappa shape index (κ3) is 0.975. The summed E-state index contributed by atoms with van der Waals surface area (Å²) in [5.74, 6) is 0.141. The number of amides is 1. The fraction of sp³-hybridized carbons (Fsp3) is 0.833. The first-order valence-corrected chi connectivity index (χ1v) is 5.96. The molecule has 1 spiro atoms. The average Bonchev–Trinajstić information content (AvgIpc) is 2.45. The molecule has 2 saturated heterocycles.